The molecule has 2 aromatic rings. The molecule has 0 saturated heterocycles. The van der Waals surface area contributed by atoms with Gasteiger partial charge in [0.2, 0.25) is 0 Å². The summed E-state index contributed by atoms with van der Waals surface area (Å²) in [5, 5.41) is 0. The Balaban J connectivity index is 1.77. The Kier molecular flexibility index (Phi) is 4.74. The van der Waals surface area contributed by atoms with Gasteiger partial charge in [0.15, 0.2) is 6.10 Å². The number of nitrogens with zero attached hydrogens (tertiary/aromatic N) is 1. The minimum Gasteiger partial charge on any atom is -0.481 e. The van der Waals surface area contributed by atoms with E-state index in [9.17, 15) is 9.59 Å². The van der Waals surface area contributed by atoms with Crippen molar-refractivity contribution in [2.75, 3.05) is 12.0 Å². The van der Waals surface area contributed by atoms with E-state index in [1.807, 2.05) is 31.2 Å². The first-order chi connectivity index (χ1) is 12.0. The van der Waals surface area contributed by atoms with E-state index in [-0.39, 0.29) is 11.9 Å². The Labute approximate surface area is 147 Å². The molecule has 1 aliphatic rings. The lowest BCUT2D eigenvalue weighted by atomic mass is 10.1. The molecular weight excluding hydrogens is 318 g/mol. The first kappa shape index (κ1) is 17.0. The van der Waals surface area contributed by atoms with E-state index >= 15 is 0 Å². The number of methoxy groups -OCH3 is 1. The third-order valence-corrected chi connectivity index (χ3v) is 4.36. The highest BCUT2D eigenvalue weighted by atomic mass is 16.5. The van der Waals surface area contributed by atoms with Crippen LogP contribution in [0.1, 0.15) is 29.8 Å². The van der Waals surface area contributed by atoms with Crippen LogP contribution in [0.3, 0.4) is 0 Å². The van der Waals surface area contributed by atoms with Gasteiger partial charge in [0.25, 0.3) is 5.91 Å². The second-order valence-corrected chi connectivity index (χ2v) is 6.17. The second kappa shape index (κ2) is 6.97. The fraction of sp³-hybridized carbons (Fsp3) is 0.300. The van der Waals surface area contributed by atoms with Crippen LogP contribution >= 0.6 is 0 Å². The third-order valence-electron chi connectivity index (χ3n) is 4.36. The van der Waals surface area contributed by atoms with Crippen LogP contribution in [0.25, 0.3) is 0 Å². The van der Waals surface area contributed by atoms with E-state index < -0.39 is 12.1 Å². The van der Waals surface area contributed by atoms with Crippen molar-refractivity contribution in [1.29, 1.82) is 0 Å². The monoisotopic (exact) mass is 339 g/mol. The maximum atomic E-state index is 12.9. The average Bonchev–Trinajstić information content (AvgIpc) is 2.96. The molecule has 0 aromatic heterocycles. The van der Waals surface area contributed by atoms with Gasteiger partial charge in [-0.2, -0.15) is 0 Å². The van der Waals surface area contributed by atoms with Crippen LogP contribution in [0.4, 0.5) is 5.69 Å². The van der Waals surface area contributed by atoms with Crippen molar-refractivity contribution < 1.29 is 19.1 Å². The number of carbonyl (C=O) groups excluding carboxylic acids is 2. The number of benzene rings is 2. The zero-order chi connectivity index (χ0) is 18.0. The number of anilines is 1. The molecule has 0 spiro atoms. The summed E-state index contributed by atoms with van der Waals surface area (Å²) >= 11 is 0. The molecule has 1 amide bonds. The lowest BCUT2D eigenvalue weighted by Gasteiger charge is -2.26. The first-order valence-corrected chi connectivity index (χ1v) is 8.27. The van der Waals surface area contributed by atoms with Crippen molar-refractivity contribution in [3.8, 4) is 5.75 Å². The Hall–Kier alpha value is -2.82. The Morgan fingerprint density at radius 2 is 1.92 bits per heavy atom. The van der Waals surface area contributed by atoms with Crippen molar-refractivity contribution in [2.45, 2.75) is 32.4 Å². The van der Waals surface area contributed by atoms with Gasteiger partial charge >= 0.3 is 5.97 Å². The summed E-state index contributed by atoms with van der Waals surface area (Å²) in [5.41, 5.74) is 2.50. The Morgan fingerprint density at radius 1 is 1.16 bits per heavy atom. The second-order valence-electron chi connectivity index (χ2n) is 6.17. The molecule has 3 rings (SSSR count). The van der Waals surface area contributed by atoms with Crippen molar-refractivity contribution >= 4 is 17.6 Å². The SMILES string of the molecule is COC(=O)c1cccc(OC(C)C(=O)N2c3ccccc3CC2C)c1. The number of hydrogen-bond acceptors (Lipinski definition) is 4. The molecule has 2 aromatic carbocycles. The zero-order valence-electron chi connectivity index (χ0n) is 14.6. The first-order valence-electron chi connectivity index (χ1n) is 8.27. The van der Waals surface area contributed by atoms with Crippen LogP contribution in [-0.2, 0) is 16.0 Å². The number of amides is 1. The van der Waals surface area contributed by atoms with E-state index in [1.165, 1.54) is 12.7 Å². The molecule has 0 aliphatic carbocycles. The minimum atomic E-state index is -0.665. The highest BCUT2D eigenvalue weighted by Gasteiger charge is 2.33. The van der Waals surface area contributed by atoms with Gasteiger partial charge in [0, 0.05) is 11.7 Å². The molecule has 1 heterocycles. The van der Waals surface area contributed by atoms with E-state index in [2.05, 4.69) is 0 Å². The summed E-state index contributed by atoms with van der Waals surface area (Å²) in [4.78, 5) is 26.3. The summed E-state index contributed by atoms with van der Waals surface area (Å²) in [6.45, 7) is 3.75. The van der Waals surface area contributed by atoms with Gasteiger partial charge in [-0.1, -0.05) is 24.3 Å². The maximum Gasteiger partial charge on any atom is 0.337 e. The van der Waals surface area contributed by atoms with Crippen LogP contribution in [0, 0.1) is 0 Å². The molecule has 5 nitrogen and oxygen atoms in total. The van der Waals surface area contributed by atoms with Crippen molar-refractivity contribution in [3.63, 3.8) is 0 Å². The number of hydrogen-bond donors (Lipinski definition) is 0. The molecule has 0 radical (unpaired) electrons. The fourth-order valence-corrected chi connectivity index (χ4v) is 3.17. The van der Waals surface area contributed by atoms with Crippen molar-refractivity contribution in [2.24, 2.45) is 0 Å². The van der Waals surface area contributed by atoms with Gasteiger partial charge in [0.1, 0.15) is 5.75 Å². The quantitative estimate of drug-likeness (QED) is 0.803. The fourth-order valence-electron chi connectivity index (χ4n) is 3.17. The molecule has 0 fully saturated rings. The topological polar surface area (TPSA) is 55.8 Å². The van der Waals surface area contributed by atoms with Gasteiger partial charge in [-0.15, -0.1) is 0 Å². The van der Waals surface area contributed by atoms with Crippen LogP contribution in [0.15, 0.2) is 48.5 Å². The van der Waals surface area contributed by atoms with Gasteiger partial charge in [-0.3, -0.25) is 4.79 Å². The molecule has 0 N–H and O–H groups in total. The highest BCUT2D eigenvalue weighted by molar-refractivity contribution is 5.99. The maximum absolute atomic E-state index is 12.9. The van der Waals surface area contributed by atoms with Gasteiger partial charge < -0.3 is 14.4 Å². The number of esters is 1. The molecule has 1 aliphatic heterocycles. The molecule has 0 saturated carbocycles. The average molecular weight is 339 g/mol. The van der Waals surface area contributed by atoms with E-state index in [0.717, 1.165) is 12.1 Å². The Bertz CT molecular complexity index is 802. The normalized spacial score (nSPS) is 16.9. The lowest BCUT2D eigenvalue weighted by Crippen LogP contribution is -2.43. The van der Waals surface area contributed by atoms with Gasteiger partial charge in [-0.05, 0) is 50.1 Å². The van der Waals surface area contributed by atoms with Crippen molar-refractivity contribution in [3.05, 3.63) is 59.7 Å². The lowest BCUT2D eigenvalue weighted by molar-refractivity contribution is -0.124. The zero-order valence-corrected chi connectivity index (χ0v) is 14.6. The number of para-hydroxylation sites is 1. The summed E-state index contributed by atoms with van der Waals surface area (Å²) in [6.07, 6.45) is 0.174. The van der Waals surface area contributed by atoms with E-state index in [0.29, 0.717) is 11.3 Å². The highest BCUT2D eigenvalue weighted by Crippen LogP contribution is 2.32. The van der Waals surface area contributed by atoms with Crippen LogP contribution in [0.5, 0.6) is 5.75 Å². The smallest absolute Gasteiger partial charge is 0.337 e. The predicted octanol–water partition coefficient (Wildman–Crippen LogP) is 3.22. The number of ether oxygens (including phenoxy) is 2. The molecular formula is C20H21NO4. The van der Waals surface area contributed by atoms with E-state index in [4.69, 9.17) is 9.47 Å². The largest absolute Gasteiger partial charge is 0.481 e. The predicted molar refractivity (Wildman–Crippen MR) is 95.0 cm³/mol. The van der Waals surface area contributed by atoms with E-state index in [1.54, 1.807) is 36.1 Å². The van der Waals surface area contributed by atoms with Crippen molar-refractivity contribution in [1.82, 2.24) is 0 Å². The molecule has 25 heavy (non-hydrogen) atoms. The van der Waals surface area contributed by atoms with Crippen LogP contribution in [0.2, 0.25) is 0 Å². The molecule has 5 heteroatoms. The third kappa shape index (κ3) is 3.36. The molecule has 0 bridgehead atoms. The van der Waals surface area contributed by atoms with Crippen LogP contribution < -0.4 is 9.64 Å². The molecule has 2 atom stereocenters. The summed E-state index contributed by atoms with van der Waals surface area (Å²) in [6, 6.07) is 14.7. The summed E-state index contributed by atoms with van der Waals surface area (Å²) < 4.78 is 10.5. The van der Waals surface area contributed by atoms with Crippen LogP contribution in [-0.4, -0.2) is 31.1 Å². The standard InChI is InChI=1S/C20H21NO4/c1-13-11-15-7-4-5-10-18(15)21(13)19(22)14(2)25-17-9-6-8-16(12-17)20(23)24-3/h4-10,12-14H,11H2,1-3H3. The Morgan fingerprint density at radius 3 is 2.68 bits per heavy atom. The minimum absolute atomic E-state index is 0.0948. The molecule has 2 unspecified atom stereocenters. The molecule has 130 valence electrons. The number of carbonyl (C=O) groups is 2. The number of rotatable bonds is 4. The van der Waals surface area contributed by atoms with Gasteiger partial charge in [0.05, 0.1) is 12.7 Å². The summed E-state index contributed by atoms with van der Waals surface area (Å²) in [5.74, 6) is -0.0728. The summed E-state index contributed by atoms with van der Waals surface area (Å²) in [7, 11) is 1.33. The van der Waals surface area contributed by atoms with Gasteiger partial charge in [-0.25, -0.2) is 4.79 Å². The number of fused-ring (bicyclic) bond motifs is 1.